The minimum Gasteiger partial charge on any atom is -0.349 e. The van der Waals surface area contributed by atoms with E-state index in [1.165, 1.54) is 12.8 Å². The Labute approximate surface area is 113 Å². The summed E-state index contributed by atoms with van der Waals surface area (Å²) < 4.78 is 0. The summed E-state index contributed by atoms with van der Waals surface area (Å²) in [5.41, 5.74) is 7.26. The lowest BCUT2D eigenvalue weighted by molar-refractivity contribution is 0.0938. The summed E-state index contributed by atoms with van der Waals surface area (Å²) >= 11 is 6.14. The number of nitrogens with two attached hydrogens (primary N) is 1. The van der Waals surface area contributed by atoms with E-state index in [9.17, 15) is 4.79 Å². The highest BCUT2D eigenvalue weighted by Gasteiger charge is 2.19. The van der Waals surface area contributed by atoms with Gasteiger partial charge in [-0.25, -0.2) is 0 Å². The summed E-state index contributed by atoms with van der Waals surface area (Å²) in [7, 11) is 0. The minimum absolute atomic E-state index is 0.0746. The number of carbonyl (C=O) groups excluding carboxylic acids is 1. The highest BCUT2D eigenvalue weighted by atomic mass is 35.5. The topological polar surface area (TPSA) is 55.1 Å². The maximum absolute atomic E-state index is 12.1. The van der Waals surface area contributed by atoms with Gasteiger partial charge in [-0.2, -0.15) is 0 Å². The highest BCUT2D eigenvalue weighted by molar-refractivity contribution is 6.33. The molecule has 0 unspecified atom stereocenters. The molecular formula is C14H19ClN2O. The quantitative estimate of drug-likeness (QED) is 0.884. The summed E-state index contributed by atoms with van der Waals surface area (Å²) in [5, 5.41) is 3.50. The molecule has 18 heavy (non-hydrogen) atoms. The molecule has 1 aromatic rings. The first-order chi connectivity index (χ1) is 8.58. The molecule has 0 aliphatic heterocycles. The van der Waals surface area contributed by atoms with Gasteiger partial charge < -0.3 is 11.1 Å². The summed E-state index contributed by atoms with van der Waals surface area (Å²) in [5.74, 6) is -0.0804. The Hall–Kier alpha value is -1.06. The van der Waals surface area contributed by atoms with Gasteiger partial charge in [-0.3, -0.25) is 4.79 Å². The van der Waals surface area contributed by atoms with E-state index in [4.69, 9.17) is 17.3 Å². The van der Waals surface area contributed by atoms with Gasteiger partial charge in [0.05, 0.1) is 10.6 Å². The van der Waals surface area contributed by atoms with E-state index in [1.54, 1.807) is 12.1 Å². The summed E-state index contributed by atoms with van der Waals surface area (Å²) in [6, 6.07) is 5.62. The molecule has 0 spiro atoms. The van der Waals surface area contributed by atoms with E-state index in [1.807, 2.05) is 13.0 Å². The molecule has 0 heterocycles. The Morgan fingerprint density at radius 2 is 2.11 bits per heavy atom. The Bertz CT molecular complexity index is 439. The van der Waals surface area contributed by atoms with Gasteiger partial charge in [0.2, 0.25) is 0 Å². The number of hydrogen-bond donors (Lipinski definition) is 2. The first-order valence-electron chi connectivity index (χ1n) is 6.44. The third-order valence-corrected chi connectivity index (χ3v) is 3.77. The van der Waals surface area contributed by atoms with Crippen molar-refractivity contribution in [3.05, 3.63) is 34.3 Å². The van der Waals surface area contributed by atoms with E-state index in [0.29, 0.717) is 16.6 Å². The van der Waals surface area contributed by atoms with Crippen LogP contribution in [-0.4, -0.2) is 11.9 Å². The molecule has 1 aliphatic carbocycles. The predicted octanol–water partition coefficient (Wildman–Crippen LogP) is 3.03. The molecule has 3 N–H and O–H groups in total. The fraction of sp³-hybridized carbons (Fsp3) is 0.500. The fourth-order valence-electron chi connectivity index (χ4n) is 2.33. The van der Waals surface area contributed by atoms with Crippen molar-refractivity contribution in [1.29, 1.82) is 0 Å². The van der Waals surface area contributed by atoms with Crippen molar-refractivity contribution >= 4 is 17.5 Å². The van der Waals surface area contributed by atoms with Gasteiger partial charge >= 0.3 is 0 Å². The molecule has 98 valence electrons. The lowest BCUT2D eigenvalue weighted by Crippen LogP contribution is -2.32. The monoisotopic (exact) mass is 266 g/mol. The molecule has 4 heteroatoms. The van der Waals surface area contributed by atoms with Crippen molar-refractivity contribution < 1.29 is 4.79 Å². The first-order valence-corrected chi connectivity index (χ1v) is 6.81. The molecule has 0 bridgehead atoms. The zero-order chi connectivity index (χ0) is 13.1. The van der Waals surface area contributed by atoms with Gasteiger partial charge in [-0.15, -0.1) is 0 Å². The second-order valence-corrected chi connectivity index (χ2v) is 5.39. The molecule has 1 aliphatic rings. The molecule has 3 nitrogen and oxygen atoms in total. The molecular weight excluding hydrogens is 248 g/mol. The van der Waals surface area contributed by atoms with Crippen molar-refractivity contribution in [2.24, 2.45) is 5.73 Å². The van der Waals surface area contributed by atoms with Crippen molar-refractivity contribution in [3.8, 4) is 0 Å². The molecule has 1 aromatic carbocycles. The molecule has 1 saturated carbocycles. The van der Waals surface area contributed by atoms with Gasteiger partial charge in [0.15, 0.2) is 0 Å². The SMILES string of the molecule is C[C@H](N)c1ccc(C(=O)NC2CCCC2)c(Cl)c1. The zero-order valence-corrected chi connectivity index (χ0v) is 11.3. The van der Waals surface area contributed by atoms with Crippen molar-refractivity contribution in [2.75, 3.05) is 0 Å². The number of carbonyl (C=O) groups is 1. The summed E-state index contributed by atoms with van der Waals surface area (Å²) in [4.78, 5) is 12.1. The normalized spacial score (nSPS) is 17.7. The van der Waals surface area contributed by atoms with Crippen molar-refractivity contribution in [1.82, 2.24) is 5.32 Å². The van der Waals surface area contributed by atoms with E-state index in [2.05, 4.69) is 5.32 Å². The summed E-state index contributed by atoms with van der Waals surface area (Å²) in [6.45, 7) is 1.89. The second kappa shape index (κ2) is 5.72. The molecule has 1 atom stereocenters. The number of amides is 1. The van der Waals surface area contributed by atoms with E-state index < -0.39 is 0 Å². The summed E-state index contributed by atoms with van der Waals surface area (Å²) in [6.07, 6.45) is 4.53. The lowest BCUT2D eigenvalue weighted by Gasteiger charge is -2.14. The van der Waals surface area contributed by atoms with Crippen LogP contribution in [0, 0.1) is 0 Å². The van der Waals surface area contributed by atoms with Crippen LogP contribution in [0.5, 0.6) is 0 Å². The van der Waals surface area contributed by atoms with E-state index in [-0.39, 0.29) is 11.9 Å². The number of rotatable bonds is 3. The van der Waals surface area contributed by atoms with E-state index >= 15 is 0 Å². The minimum atomic E-state index is -0.0804. The third-order valence-electron chi connectivity index (χ3n) is 3.45. The molecule has 0 radical (unpaired) electrons. The predicted molar refractivity (Wildman–Crippen MR) is 73.8 cm³/mol. The van der Waals surface area contributed by atoms with Gasteiger partial charge in [-0.1, -0.05) is 30.5 Å². The third kappa shape index (κ3) is 3.03. The number of benzene rings is 1. The van der Waals surface area contributed by atoms with Crippen LogP contribution in [0.1, 0.15) is 54.6 Å². The molecule has 2 rings (SSSR count). The Kier molecular flexibility index (Phi) is 4.25. The fourth-order valence-corrected chi connectivity index (χ4v) is 2.61. The van der Waals surface area contributed by atoms with Crippen molar-refractivity contribution in [3.63, 3.8) is 0 Å². The second-order valence-electron chi connectivity index (χ2n) is 4.98. The number of halogens is 1. The molecule has 1 amide bonds. The standard InChI is InChI=1S/C14H19ClN2O/c1-9(16)10-6-7-12(13(15)8-10)14(18)17-11-4-2-3-5-11/h6-9,11H,2-5,16H2,1H3,(H,17,18)/t9-/m0/s1. The molecule has 0 saturated heterocycles. The maximum Gasteiger partial charge on any atom is 0.253 e. The van der Waals surface area contributed by atoms with Crippen LogP contribution in [0.25, 0.3) is 0 Å². The largest absolute Gasteiger partial charge is 0.349 e. The van der Waals surface area contributed by atoms with E-state index in [0.717, 1.165) is 18.4 Å². The number of nitrogens with one attached hydrogen (secondary N) is 1. The van der Waals surface area contributed by atoms with Crippen LogP contribution in [0.2, 0.25) is 5.02 Å². The van der Waals surface area contributed by atoms with Gasteiger partial charge in [-0.05, 0) is 37.5 Å². The average molecular weight is 267 g/mol. The average Bonchev–Trinajstić information content (AvgIpc) is 2.81. The Morgan fingerprint density at radius 3 is 2.67 bits per heavy atom. The highest BCUT2D eigenvalue weighted by Crippen LogP contribution is 2.23. The van der Waals surface area contributed by atoms with Crippen LogP contribution in [-0.2, 0) is 0 Å². The van der Waals surface area contributed by atoms with Crippen LogP contribution >= 0.6 is 11.6 Å². The van der Waals surface area contributed by atoms with Gasteiger partial charge in [0.1, 0.15) is 0 Å². The Morgan fingerprint density at radius 1 is 1.44 bits per heavy atom. The lowest BCUT2D eigenvalue weighted by atomic mass is 10.1. The molecule has 1 fully saturated rings. The first kappa shape index (κ1) is 13.4. The zero-order valence-electron chi connectivity index (χ0n) is 10.6. The number of hydrogen-bond acceptors (Lipinski definition) is 2. The van der Waals surface area contributed by atoms with Crippen LogP contribution in [0.4, 0.5) is 0 Å². The van der Waals surface area contributed by atoms with Crippen LogP contribution < -0.4 is 11.1 Å². The smallest absolute Gasteiger partial charge is 0.253 e. The van der Waals surface area contributed by atoms with Gasteiger partial charge in [0.25, 0.3) is 5.91 Å². The van der Waals surface area contributed by atoms with Crippen molar-refractivity contribution in [2.45, 2.75) is 44.7 Å². The molecule has 0 aromatic heterocycles. The maximum atomic E-state index is 12.1. The van der Waals surface area contributed by atoms with Gasteiger partial charge in [0, 0.05) is 12.1 Å². The van der Waals surface area contributed by atoms with Crippen LogP contribution in [0.15, 0.2) is 18.2 Å². The van der Waals surface area contributed by atoms with Crippen LogP contribution in [0.3, 0.4) is 0 Å². The Balaban J connectivity index is 2.10.